The Morgan fingerprint density at radius 3 is 3.00 bits per heavy atom. The van der Waals surface area contributed by atoms with E-state index in [1.807, 2.05) is 13.0 Å². The smallest absolute Gasteiger partial charge is 0.0907 e. The maximum Gasteiger partial charge on any atom is 0.0907 e. The monoisotopic (exact) mass is 247 g/mol. The van der Waals surface area contributed by atoms with Crippen LogP contribution < -0.4 is 11.1 Å². The average molecular weight is 247 g/mol. The van der Waals surface area contributed by atoms with E-state index in [2.05, 4.69) is 16.4 Å². The molecule has 1 aromatic carbocycles. The average Bonchev–Trinajstić information content (AvgIpc) is 2.55. The molecular weight excluding hydrogens is 230 g/mol. The number of nitrogens with zero attached hydrogens (tertiary/aromatic N) is 1. The van der Waals surface area contributed by atoms with Gasteiger partial charge in [-0.15, -0.1) is 11.3 Å². The molecule has 4 heteroatoms. The molecule has 0 saturated heterocycles. The van der Waals surface area contributed by atoms with E-state index < -0.39 is 0 Å². The zero-order valence-corrected chi connectivity index (χ0v) is 10.8. The number of rotatable bonds is 3. The second-order valence-corrected chi connectivity index (χ2v) is 6.05. The van der Waals surface area contributed by atoms with Gasteiger partial charge in [-0.25, -0.2) is 4.98 Å². The van der Waals surface area contributed by atoms with E-state index in [0.29, 0.717) is 0 Å². The van der Waals surface area contributed by atoms with Crippen molar-refractivity contribution < 1.29 is 0 Å². The minimum atomic E-state index is 0.834. The van der Waals surface area contributed by atoms with E-state index in [9.17, 15) is 0 Å². The summed E-state index contributed by atoms with van der Waals surface area (Å²) in [7, 11) is 0. The Hall–Kier alpha value is -1.29. The Balaban J connectivity index is 1.84. The molecule has 1 saturated carbocycles. The molecule has 17 heavy (non-hydrogen) atoms. The molecule has 0 bridgehead atoms. The van der Waals surface area contributed by atoms with Crippen molar-refractivity contribution in [1.29, 1.82) is 0 Å². The van der Waals surface area contributed by atoms with Crippen molar-refractivity contribution in [3.05, 3.63) is 17.1 Å². The summed E-state index contributed by atoms with van der Waals surface area (Å²) in [6, 6.07) is 4.11. The van der Waals surface area contributed by atoms with Crippen LogP contribution in [0.25, 0.3) is 10.2 Å². The number of anilines is 2. The van der Waals surface area contributed by atoms with Gasteiger partial charge in [0.05, 0.1) is 26.6 Å². The van der Waals surface area contributed by atoms with Crippen LogP contribution in [0.4, 0.5) is 11.4 Å². The van der Waals surface area contributed by atoms with E-state index in [-0.39, 0.29) is 0 Å². The van der Waals surface area contributed by atoms with Crippen LogP contribution in [-0.2, 0) is 0 Å². The van der Waals surface area contributed by atoms with E-state index in [4.69, 9.17) is 5.73 Å². The summed E-state index contributed by atoms with van der Waals surface area (Å²) in [5, 5.41) is 4.55. The lowest BCUT2D eigenvalue weighted by atomic mass is 9.85. The van der Waals surface area contributed by atoms with Crippen molar-refractivity contribution in [2.75, 3.05) is 17.6 Å². The van der Waals surface area contributed by atoms with Gasteiger partial charge < -0.3 is 11.1 Å². The Morgan fingerprint density at radius 2 is 2.29 bits per heavy atom. The molecule has 2 aromatic rings. The first-order valence-corrected chi connectivity index (χ1v) is 6.94. The maximum absolute atomic E-state index is 6.06. The zero-order chi connectivity index (χ0) is 11.8. The van der Waals surface area contributed by atoms with Crippen LogP contribution in [0.5, 0.6) is 0 Å². The van der Waals surface area contributed by atoms with Gasteiger partial charge in [0.25, 0.3) is 0 Å². The Kier molecular flexibility index (Phi) is 2.67. The highest BCUT2D eigenvalue weighted by Gasteiger charge is 2.17. The van der Waals surface area contributed by atoms with E-state index in [0.717, 1.165) is 34.4 Å². The highest BCUT2D eigenvalue weighted by atomic mass is 32.1. The summed E-state index contributed by atoms with van der Waals surface area (Å²) < 4.78 is 1.18. The second kappa shape index (κ2) is 4.18. The number of aryl methyl sites for hydroxylation is 1. The third-order valence-corrected chi connectivity index (χ3v) is 4.41. The summed E-state index contributed by atoms with van der Waals surface area (Å²) in [5.41, 5.74) is 8.98. The molecule has 1 heterocycles. The van der Waals surface area contributed by atoms with Crippen LogP contribution in [0.15, 0.2) is 12.1 Å². The van der Waals surface area contributed by atoms with Gasteiger partial charge in [0.2, 0.25) is 0 Å². The predicted octanol–water partition coefficient (Wildman–Crippen LogP) is 3.40. The predicted molar refractivity (Wildman–Crippen MR) is 74.6 cm³/mol. The number of hydrogen-bond acceptors (Lipinski definition) is 4. The topological polar surface area (TPSA) is 50.9 Å². The van der Waals surface area contributed by atoms with Gasteiger partial charge >= 0.3 is 0 Å². The van der Waals surface area contributed by atoms with E-state index >= 15 is 0 Å². The summed E-state index contributed by atoms with van der Waals surface area (Å²) in [6.45, 7) is 3.07. The molecule has 90 valence electrons. The van der Waals surface area contributed by atoms with Gasteiger partial charge in [-0.05, 0) is 37.8 Å². The van der Waals surface area contributed by atoms with Crippen molar-refractivity contribution >= 4 is 32.9 Å². The fourth-order valence-electron chi connectivity index (χ4n) is 2.21. The lowest BCUT2D eigenvalue weighted by molar-refractivity contribution is 0.333. The van der Waals surface area contributed by atoms with Gasteiger partial charge in [0.1, 0.15) is 0 Å². The number of fused-ring (bicyclic) bond motifs is 1. The molecule has 0 unspecified atom stereocenters. The van der Waals surface area contributed by atoms with Crippen LogP contribution >= 0.6 is 11.3 Å². The zero-order valence-electron chi connectivity index (χ0n) is 9.99. The molecule has 3 N–H and O–H groups in total. The third-order valence-electron chi connectivity index (χ3n) is 3.47. The quantitative estimate of drug-likeness (QED) is 0.817. The number of nitrogen functional groups attached to an aromatic ring is 1. The highest BCUT2D eigenvalue weighted by Crippen LogP contribution is 2.31. The molecule has 1 fully saturated rings. The second-order valence-electron chi connectivity index (χ2n) is 4.82. The van der Waals surface area contributed by atoms with Gasteiger partial charge in [0.15, 0.2) is 0 Å². The van der Waals surface area contributed by atoms with Gasteiger partial charge in [-0.3, -0.25) is 0 Å². The van der Waals surface area contributed by atoms with Crippen LogP contribution in [0.3, 0.4) is 0 Å². The molecule has 1 aliphatic carbocycles. The van der Waals surface area contributed by atoms with Crippen LogP contribution in [0.2, 0.25) is 0 Å². The number of hydrogen-bond donors (Lipinski definition) is 2. The van der Waals surface area contributed by atoms with E-state index in [1.54, 1.807) is 11.3 Å². The SMILES string of the molecule is Cc1nc2cc(NCC3CCC3)c(N)cc2s1. The summed E-state index contributed by atoms with van der Waals surface area (Å²) >= 11 is 1.70. The first kappa shape index (κ1) is 10.8. The summed E-state index contributed by atoms with van der Waals surface area (Å²) in [5.74, 6) is 0.835. The number of benzene rings is 1. The lowest BCUT2D eigenvalue weighted by Crippen LogP contribution is -2.21. The van der Waals surface area contributed by atoms with Crippen LogP contribution in [0, 0.1) is 12.8 Å². The largest absolute Gasteiger partial charge is 0.397 e. The molecular formula is C13H17N3S. The maximum atomic E-state index is 6.06. The van der Waals surface area contributed by atoms with E-state index in [1.165, 1.54) is 24.0 Å². The third kappa shape index (κ3) is 2.09. The molecule has 1 aliphatic rings. The number of nitrogens with two attached hydrogens (primary N) is 1. The van der Waals surface area contributed by atoms with Gasteiger partial charge in [-0.2, -0.15) is 0 Å². The molecule has 0 aliphatic heterocycles. The van der Waals surface area contributed by atoms with Crippen LogP contribution in [0.1, 0.15) is 24.3 Å². The van der Waals surface area contributed by atoms with Crippen molar-refractivity contribution in [2.45, 2.75) is 26.2 Å². The van der Waals surface area contributed by atoms with Crippen LogP contribution in [-0.4, -0.2) is 11.5 Å². The van der Waals surface area contributed by atoms with Crippen molar-refractivity contribution in [1.82, 2.24) is 4.98 Å². The highest BCUT2D eigenvalue weighted by molar-refractivity contribution is 7.18. The molecule has 0 atom stereocenters. The standard InChI is InChI=1S/C13H17N3S/c1-8-16-12-6-11(10(14)5-13(12)17-8)15-7-9-3-2-4-9/h5-6,9,15H,2-4,7,14H2,1H3. The summed E-state index contributed by atoms with van der Waals surface area (Å²) in [4.78, 5) is 4.50. The molecule has 0 amide bonds. The molecule has 1 aromatic heterocycles. The van der Waals surface area contributed by atoms with Gasteiger partial charge in [0, 0.05) is 6.54 Å². The molecule has 3 nitrogen and oxygen atoms in total. The Labute approximate surface area is 105 Å². The first-order valence-electron chi connectivity index (χ1n) is 6.13. The van der Waals surface area contributed by atoms with Gasteiger partial charge in [-0.1, -0.05) is 6.42 Å². The Morgan fingerprint density at radius 1 is 1.47 bits per heavy atom. The lowest BCUT2D eigenvalue weighted by Gasteiger charge is -2.26. The minimum absolute atomic E-state index is 0.834. The normalized spacial score (nSPS) is 16.1. The van der Waals surface area contributed by atoms with Crippen molar-refractivity contribution in [3.63, 3.8) is 0 Å². The Bertz CT molecular complexity index is 543. The molecule has 0 spiro atoms. The number of thiazole rings is 1. The molecule has 0 radical (unpaired) electrons. The number of nitrogens with one attached hydrogen (secondary N) is 1. The first-order chi connectivity index (χ1) is 8.22. The van der Waals surface area contributed by atoms with Crippen molar-refractivity contribution in [2.24, 2.45) is 5.92 Å². The fourth-order valence-corrected chi connectivity index (χ4v) is 3.07. The molecule has 3 rings (SSSR count). The fraction of sp³-hybridized carbons (Fsp3) is 0.462. The summed E-state index contributed by atoms with van der Waals surface area (Å²) in [6.07, 6.45) is 4.09. The van der Waals surface area contributed by atoms with Crippen molar-refractivity contribution in [3.8, 4) is 0 Å². The number of aromatic nitrogens is 1. The minimum Gasteiger partial charge on any atom is -0.397 e.